The number of carbonyl (C=O) groups excluding carboxylic acids is 1. The second kappa shape index (κ2) is 7.90. The topological polar surface area (TPSA) is 66.9 Å². The third-order valence-electron chi connectivity index (χ3n) is 3.96. The maximum atomic E-state index is 13.4. The van der Waals surface area contributed by atoms with Gasteiger partial charge in [0.1, 0.15) is 17.3 Å². The van der Waals surface area contributed by atoms with Crippen LogP contribution < -0.4 is 10.6 Å². The fourth-order valence-electron chi connectivity index (χ4n) is 2.54. The van der Waals surface area contributed by atoms with E-state index >= 15 is 0 Å². The highest BCUT2D eigenvalue weighted by molar-refractivity contribution is 5.93. The molecule has 1 aromatic heterocycles. The number of hydrogen-bond donors (Lipinski definition) is 2. The number of anilines is 2. The van der Waals surface area contributed by atoms with Gasteiger partial charge in [0.25, 0.3) is 5.91 Å². The number of carbonyl (C=O) groups is 1. The van der Waals surface area contributed by atoms with E-state index in [2.05, 4.69) is 20.6 Å². The van der Waals surface area contributed by atoms with Gasteiger partial charge in [0.05, 0.1) is 0 Å². The van der Waals surface area contributed by atoms with Crippen LogP contribution in [0.4, 0.5) is 20.3 Å². The molecule has 0 spiro atoms. The SMILES string of the molecule is Cc1nc(Nc2ccc(F)c(F)c2)cc(C(=O)NCc2ccccc2C)n1. The first-order chi connectivity index (χ1) is 12.9. The lowest BCUT2D eigenvalue weighted by molar-refractivity contribution is 0.0945. The molecule has 27 heavy (non-hydrogen) atoms. The Hall–Kier alpha value is -3.35. The van der Waals surface area contributed by atoms with Gasteiger partial charge in [-0.05, 0) is 37.1 Å². The van der Waals surface area contributed by atoms with Gasteiger partial charge in [-0.1, -0.05) is 24.3 Å². The maximum Gasteiger partial charge on any atom is 0.270 e. The average Bonchev–Trinajstić information content (AvgIpc) is 2.63. The Morgan fingerprint density at radius 2 is 1.78 bits per heavy atom. The quantitative estimate of drug-likeness (QED) is 0.713. The van der Waals surface area contributed by atoms with E-state index in [1.165, 1.54) is 12.1 Å². The zero-order valence-corrected chi connectivity index (χ0v) is 14.9. The lowest BCUT2D eigenvalue weighted by atomic mass is 10.1. The van der Waals surface area contributed by atoms with Gasteiger partial charge in [0.2, 0.25) is 0 Å². The molecule has 3 rings (SSSR count). The van der Waals surface area contributed by atoms with E-state index in [1.54, 1.807) is 6.92 Å². The highest BCUT2D eigenvalue weighted by atomic mass is 19.2. The molecule has 7 heteroatoms. The van der Waals surface area contributed by atoms with Crippen LogP contribution in [0.5, 0.6) is 0 Å². The average molecular weight is 368 g/mol. The third kappa shape index (κ3) is 4.63. The van der Waals surface area contributed by atoms with Crippen molar-refractivity contribution in [2.24, 2.45) is 0 Å². The summed E-state index contributed by atoms with van der Waals surface area (Å²) < 4.78 is 26.4. The van der Waals surface area contributed by atoms with Crippen LogP contribution in [0, 0.1) is 25.5 Å². The molecule has 2 aromatic carbocycles. The molecule has 0 saturated heterocycles. The number of amides is 1. The van der Waals surface area contributed by atoms with Crippen molar-refractivity contribution in [3.05, 3.63) is 82.8 Å². The van der Waals surface area contributed by atoms with Gasteiger partial charge in [-0.25, -0.2) is 18.7 Å². The Kier molecular flexibility index (Phi) is 5.40. The van der Waals surface area contributed by atoms with E-state index in [4.69, 9.17) is 0 Å². The standard InChI is InChI=1S/C20H18F2N4O/c1-12-5-3-4-6-14(12)11-23-20(27)18-10-19(25-13(2)24-18)26-15-7-8-16(21)17(22)9-15/h3-10H,11H2,1-2H3,(H,23,27)(H,24,25,26). The lowest BCUT2D eigenvalue weighted by Crippen LogP contribution is -2.24. The summed E-state index contributed by atoms with van der Waals surface area (Å²) in [5.74, 6) is -1.56. The summed E-state index contributed by atoms with van der Waals surface area (Å²) >= 11 is 0. The monoisotopic (exact) mass is 368 g/mol. The number of halogens is 2. The molecule has 0 bridgehead atoms. The molecule has 138 valence electrons. The first-order valence-electron chi connectivity index (χ1n) is 8.33. The molecule has 5 nitrogen and oxygen atoms in total. The number of nitrogens with one attached hydrogen (secondary N) is 2. The molecule has 2 N–H and O–H groups in total. The third-order valence-corrected chi connectivity index (χ3v) is 3.96. The summed E-state index contributed by atoms with van der Waals surface area (Å²) in [6.07, 6.45) is 0. The Bertz CT molecular complexity index is 991. The minimum absolute atomic E-state index is 0.182. The zero-order valence-electron chi connectivity index (χ0n) is 14.9. The van der Waals surface area contributed by atoms with Gasteiger partial charge in [0.15, 0.2) is 11.6 Å². The van der Waals surface area contributed by atoms with E-state index in [0.717, 1.165) is 23.3 Å². The number of nitrogens with zero attached hydrogens (tertiary/aromatic N) is 2. The second-order valence-electron chi connectivity index (χ2n) is 6.05. The summed E-state index contributed by atoms with van der Waals surface area (Å²) in [5.41, 5.74) is 2.59. The number of benzene rings is 2. The summed E-state index contributed by atoms with van der Waals surface area (Å²) in [6.45, 7) is 4.00. The van der Waals surface area contributed by atoms with Crippen LogP contribution in [-0.2, 0) is 6.54 Å². The highest BCUT2D eigenvalue weighted by Gasteiger charge is 2.12. The largest absolute Gasteiger partial charge is 0.347 e. The number of aromatic nitrogens is 2. The van der Waals surface area contributed by atoms with Crippen LogP contribution in [0.3, 0.4) is 0 Å². The van der Waals surface area contributed by atoms with Crippen molar-refractivity contribution in [3.63, 3.8) is 0 Å². The Morgan fingerprint density at radius 1 is 1.00 bits per heavy atom. The molecule has 0 atom stereocenters. The molecule has 1 heterocycles. The first kappa shape index (κ1) is 18.4. The van der Waals surface area contributed by atoms with Gasteiger partial charge in [0, 0.05) is 24.4 Å². The van der Waals surface area contributed by atoms with E-state index in [0.29, 0.717) is 23.9 Å². The molecule has 0 radical (unpaired) electrons. The first-order valence-corrected chi connectivity index (χ1v) is 8.33. The van der Waals surface area contributed by atoms with Crippen LogP contribution in [0.25, 0.3) is 0 Å². The van der Waals surface area contributed by atoms with Crippen molar-refractivity contribution in [2.45, 2.75) is 20.4 Å². The van der Waals surface area contributed by atoms with Gasteiger partial charge in [-0.15, -0.1) is 0 Å². The molecule has 1 amide bonds. The van der Waals surface area contributed by atoms with E-state index in [9.17, 15) is 13.6 Å². The molecular formula is C20H18F2N4O. The molecule has 0 saturated carbocycles. The molecule has 0 fully saturated rings. The van der Waals surface area contributed by atoms with E-state index in [1.807, 2.05) is 31.2 Å². The molecule has 0 aliphatic carbocycles. The van der Waals surface area contributed by atoms with Crippen molar-refractivity contribution >= 4 is 17.4 Å². The normalized spacial score (nSPS) is 10.5. The van der Waals surface area contributed by atoms with Gasteiger partial charge in [-0.2, -0.15) is 0 Å². The molecule has 0 aliphatic heterocycles. The zero-order chi connectivity index (χ0) is 19.4. The summed E-state index contributed by atoms with van der Waals surface area (Å²) in [5, 5.41) is 5.68. The number of hydrogen-bond acceptors (Lipinski definition) is 4. The lowest BCUT2D eigenvalue weighted by Gasteiger charge is -2.10. The molecule has 3 aromatic rings. The number of aryl methyl sites for hydroxylation is 2. The van der Waals surface area contributed by atoms with E-state index < -0.39 is 11.6 Å². The molecule has 0 aliphatic rings. The van der Waals surface area contributed by atoms with Gasteiger partial charge in [-0.3, -0.25) is 4.79 Å². The summed E-state index contributed by atoms with van der Waals surface area (Å²) in [7, 11) is 0. The predicted molar refractivity (Wildman–Crippen MR) is 98.8 cm³/mol. The van der Waals surface area contributed by atoms with Crippen LogP contribution in [0.2, 0.25) is 0 Å². The number of rotatable bonds is 5. The Labute approximate surface area is 155 Å². The van der Waals surface area contributed by atoms with Crippen molar-refractivity contribution in [2.75, 3.05) is 5.32 Å². The minimum atomic E-state index is -0.970. The van der Waals surface area contributed by atoms with Gasteiger partial charge >= 0.3 is 0 Å². The van der Waals surface area contributed by atoms with Crippen molar-refractivity contribution in [1.82, 2.24) is 15.3 Å². The van der Waals surface area contributed by atoms with Crippen molar-refractivity contribution in [1.29, 1.82) is 0 Å². The second-order valence-corrected chi connectivity index (χ2v) is 6.05. The fraction of sp³-hybridized carbons (Fsp3) is 0.150. The fourth-order valence-corrected chi connectivity index (χ4v) is 2.54. The smallest absolute Gasteiger partial charge is 0.270 e. The minimum Gasteiger partial charge on any atom is -0.347 e. The Balaban J connectivity index is 1.75. The van der Waals surface area contributed by atoms with E-state index in [-0.39, 0.29) is 11.6 Å². The molecular weight excluding hydrogens is 350 g/mol. The summed E-state index contributed by atoms with van der Waals surface area (Å²) in [4.78, 5) is 20.8. The Morgan fingerprint density at radius 3 is 2.52 bits per heavy atom. The van der Waals surface area contributed by atoms with Crippen molar-refractivity contribution < 1.29 is 13.6 Å². The van der Waals surface area contributed by atoms with Crippen LogP contribution in [-0.4, -0.2) is 15.9 Å². The van der Waals surface area contributed by atoms with Crippen LogP contribution >= 0.6 is 0 Å². The van der Waals surface area contributed by atoms with Crippen LogP contribution in [0.1, 0.15) is 27.4 Å². The molecule has 0 unspecified atom stereocenters. The maximum absolute atomic E-state index is 13.4. The highest BCUT2D eigenvalue weighted by Crippen LogP contribution is 2.18. The predicted octanol–water partition coefficient (Wildman–Crippen LogP) is 4.05. The van der Waals surface area contributed by atoms with Gasteiger partial charge < -0.3 is 10.6 Å². The van der Waals surface area contributed by atoms with Crippen LogP contribution in [0.15, 0.2) is 48.5 Å². The van der Waals surface area contributed by atoms with Crippen molar-refractivity contribution in [3.8, 4) is 0 Å². The summed E-state index contributed by atoms with van der Waals surface area (Å²) in [6, 6.07) is 12.6.